The second-order valence-electron chi connectivity index (χ2n) is 4.06. The van der Waals surface area contributed by atoms with Crippen molar-refractivity contribution < 1.29 is 9.47 Å². The zero-order valence-electron chi connectivity index (χ0n) is 9.30. The largest absolute Gasteiger partial charge is 0.352 e. The highest BCUT2D eigenvalue weighted by atomic mass is 16.7. The zero-order chi connectivity index (χ0) is 11.6. The third kappa shape index (κ3) is 1.94. The predicted octanol–water partition coefficient (Wildman–Crippen LogP) is 1.25. The van der Waals surface area contributed by atoms with Crippen LogP contribution in [0.5, 0.6) is 0 Å². The van der Waals surface area contributed by atoms with E-state index in [0.717, 1.165) is 11.4 Å². The molecule has 2 heterocycles. The van der Waals surface area contributed by atoms with Gasteiger partial charge < -0.3 is 9.47 Å². The Morgan fingerprint density at radius 2 is 2.18 bits per heavy atom. The van der Waals surface area contributed by atoms with Crippen molar-refractivity contribution >= 4 is 0 Å². The molecule has 1 atom stereocenters. The molecule has 1 saturated heterocycles. The summed E-state index contributed by atoms with van der Waals surface area (Å²) in [6, 6.07) is 10.1. The van der Waals surface area contributed by atoms with Crippen molar-refractivity contribution in [3.63, 3.8) is 0 Å². The van der Waals surface area contributed by atoms with Gasteiger partial charge in [0.05, 0.1) is 6.61 Å². The average Bonchev–Trinajstić information content (AvgIpc) is 3.03. The second kappa shape index (κ2) is 4.27. The van der Waals surface area contributed by atoms with Crippen LogP contribution in [0.3, 0.4) is 0 Å². The van der Waals surface area contributed by atoms with Crippen LogP contribution >= 0.6 is 0 Å². The molecule has 1 aliphatic rings. The summed E-state index contributed by atoms with van der Waals surface area (Å²) in [5.41, 5.74) is 0.644. The molecule has 1 aromatic carbocycles. The van der Waals surface area contributed by atoms with Crippen LogP contribution in [0.15, 0.2) is 36.7 Å². The van der Waals surface area contributed by atoms with Gasteiger partial charge in [-0.1, -0.05) is 30.3 Å². The number of nitrogens with zero attached hydrogens (tertiary/aromatic N) is 2. The molecular formula is C12H13N3O2. The molecule has 0 aliphatic carbocycles. The SMILES string of the molecule is c1ccc(C2(Cc3nc[nH]n3)COCO2)cc1. The summed E-state index contributed by atoms with van der Waals surface area (Å²) in [5.74, 6) is 0.736. The van der Waals surface area contributed by atoms with Crippen molar-refractivity contribution in [2.24, 2.45) is 0 Å². The summed E-state index contributed by atoms with van der Waals surface area (Å²) >= 11 is 0. The lowest BCUT2D eigenvalue weighted by Gasteiger charge is -2.25. The number of aromatic nitrogens is 3. The van der Waals surface area contributed by atoms with Crippen molar-refractivity contribution in [2.75, 3.05) is 13.4 Å². The molecular weight excluding hydrogens is 218 g/mol. The molecule has 1 fully saturated rings. The normalized spacial score (nSPS) is 24.0. The lowest BCUT2D eigenvalue weighted by atomic mass is 9.91. The maximum absolute atomic E-state index is 5.78. The van der Waals surface area contributed by atoms with E-state index in [-0.39, 0.29) is 0 Å². The fourth-order valence-electron chi connectivity index (χ4n) is 2.09. The highest BCUT2D eigenvalue weighted by molar-refractivity contribution is 5.24. The monoisotopic (exact) mass is 231 g/mol. The van der Waals surface area contributed by atoms with Crippen LogP contribution in [0.4, 0.5) is 0 Å². The van der Waals surface area contributed by atoms with E-state index in [1.807, 2.05) is 30.3 Å². The lowest BCUT2D eigenvalue weighted by molar-refractivity contribution is -0.0125. The Bertz CT molecular complexity index is 464. The molecule has 1 aromatic heterocycles. The van der Waals surface area contributed by atoms with E-state index in [0.29, 0.717) is 19.8 Å². The van der Waals surface area contributed by atoms with Crippen LogP contribution in [0.25, 0.3) is 0 Å². The Kier molecular flexibility index (Phi) is 2.62. The van der Waals surface area contributed by atoms with Gasteiger partial charge in [-0.25, -0.2) is 4.98 Å². The average molecular weight is 231 g/mol. The van der Waals surface area contributed by atoms with Gasteiger partial charge in [0.25, 0.3) is 0 Å². The van der Waals surface area contributed by atoms with Gasteiger partial charge in [-0.2, -0.15) is 5.10 Å². The van der Waals surface area contributed by atoms with E-state index in [1.165, 1.54) is 0 Å². The zero-order valence-corrected chi connectivity index (χ0v) is 9.30. The summed E-state index contributed by atoms with van der Waals surface area (Å²) in [5, 5.41) is 6.79. The Morgan fingerprint density at radius 1 is 1.29 bits per heavy atom. The molecule has 1 aliphatic heterocycles. The van der Waals surface area contributed by atoms with E-state index in [4.69, 9.17) is 9.47 Å². The predicted molar refractivity (Wildman–Crippen MR) is 60.1 cm³/mol. The van der Waals surface area contributed by atoms with Gasteiger partial charge in [0, 0.05) is 6.42 Å². The second-order valence-corrected chi connectivity index (χ2v) is 4.06. The summed E-state index contributed by atoms with van der Waals surface area (Å²) in [6.07, 6.45) is 2.18. The fourth-order valence-corrected chi connectivity index (χ4v) is 2.09. The maximum atomic E-state index is 5.78. The summed E-state index contributed by atoms with van der Waals surface area (Å²) in [4.78, 5) is 4.15. The van der Waals surface area contributed by atoms with E-state index < -0.39 is 5.60 Å². The van der Waals surface area contributed by atoms with Gasteiger partial charge in [0.2, 0.25) is 0 Å². The van der Waals surface area contributed by atoms with E-state index in [1.54, 1.807) is 6.33 Å². The number of hydrogen-bond acceptors (Lipinski definition) is 4. The van der Waals surface area contributed by atoms with Crippen LogP contribution in [0.1, 0.15) is 11.4 Å². The number of hydrogen-bond donors (Lipinski definition) is 1. The van der Waals surface area contributed by atoms with Crippen LogP contribution < -0.4 is 0 Å². The molecule has 0 amide bonds. The minimum absolute atomic E-state index is 0.319. The van der Waals surface area contributed by atoms with Crippen molar-refractivity contribution in [3.05, 3.63) is 48.0 Å². The molecule has 5 heteroatoms. The molecule has 0 saturated carbocycles. The first-order valence-electron chi connectivity index (χ1n) is 5.51. The summed E-state index contributed by atoms with van der Waals surface area (Å²) in [7, 11) is 0. The third-order valence-electron chi connectivity index (χ3n) is 2.96. The smallest absolute Gasteiger partial charge is 0.153 e. The number of rotatable bonds is 3. The third-order valence-corrected chi connectivity index (χ3v) is 2.96. The molecule has 5 nitrogen and oxygen atoms in total. The highest BCUT2D eigenvalue weighted by Crippen LogP contribution is 2.33. The van der Waals surface area contributed by atoms with Crippen LogP contribution in [0.2, 0.25) is 0 Å². The maximum Gasteiger partial charge on any atom is 0.153 e. The molecule has 1 N–H and O–H groups in total. The first kappa shape index (κ1) is 10.4. The lowest BCUT2D eigenvalue weighted by Crippen LogP contribution is -2.31. The number of H-pyrrole nitrogens is 1. The summed E-state index contributed by atoms with van der Waals surface area (Å²) in [6.45, 7) is 0.852. The van der Waals surface area contributed by atoms with Crippen LogP contribution in [-0.4, -0.2) is 28.6 Å². The molecule has 0 bridgehead atoms. The molecule has 17 heavy (non-hydrogen) atoms. The number of ether oxygens (including phenoxy) is 2. The van der Waals surface area contributed by atoms with E-state index in [2.05, 4.69) is 15.2 Å². The van der Waals surface area contributed by atoms with Crippen molar-refractivity contribution in [1.82, 2.24) is 15.2 Å². The standard InChI is InChI=1S/C12H13N3O2/c1-2-4-10(5-3-1)12(7-16-9-17-12)6-11-13-8-14-15-11/h1-5,8H,6-7,9H2,(H,13,14,15). The van der Waals surface area contributed by atoms with Gasteiger partial charge in [-0.05, 0) is 5.56 Å². The van der Waals surface area contributed by atoms with Gasteiger partial charge >= 0.3 is 0 Å². The number of aromatic amines is 1. The minimum atomic E-state index is -0.455. The Hall–Kier alpha value is -1.72. The van der Waals surface area contributed by atoms with Gasteiger partial charge in [-0.15, -0.1) is 0 Å². The quantitative estimate of drug-likeness (QED) is 0.863. The number of nitrogens with one attached hydrogen (secondary N) is 1. The van der Waals surface area contributed by atoms with Gasteiger partial charge in [0.1, 0.15) is 18.7 Å². The first-order chi connectivity index (χ1) is 8.39. The molecule has 0 spiro atoms. The van der Waals surface area contributed by atoms with E-state index in [9.17, 15) is 0 Å². The van der Waals surface area contributed by atoms with Crippen molar-refractivity contribution in [1.29, 1.82) is 0 Å². The molecule has 2 aromatic rings. The van der Waals surface area contributed by atoms with Crippen molar-refractivity contribution in [3.8, 4) is 0 Å². The van der Waals surface area contributed by atoms with Crippen LogP contribution in [0, 0.1) is 0 Å². The molecule has 0 radical (unpaired) electrons. The Morgan fingerprint density at radius 3 is 2.82 bits per heavy atom. The van der Waals surface area contributed by atoms with Gasteiger partial charge in [0.15, 0.2) is 5.82 Å². The fraction of sp³-hybridized carbons (Fsp3) is 0.333. The van der Waals surface area contributed by atoms with Crippen molar-refractivity contribution in [2.45, 2.75) is 12.0 Å². The molecule has 3 rings (SSSR count). The summed E-state index contributed by atoms with van der Waals surface area (Å²) < 4.78 is 11.2. The molecule has 1 unspecified atom stereocenters. The first-order valence-corrected chi connectivity index (χ1v) is 5.51. The van der Waals surface area contributed by atoms with Crippen LogP contribution in [-0.2, 0) is 21.5 Å². The highest BCUT2D eigenvalue weighted by Gasteiger charge is 2.39. The van der Waals surface area contributed by atoms with E-state index >= 15 is 0 Å². The minimum Gasteiger partial charge on any atom is -0.352 e. The topological polar surface area (TPSA) is 60.0 Å². The Balaban J connectivity index is 1.93. The molecule has 88 valence electrons. The Labute approximate surface area is 98.8 Å². The number of benzene rings is 1. The van der Waals surface area contributed by atoms with Gasteiger partial charge in [-0.3, -0.25) is 5.10 Å².